The second kappa shape index (κ2) is 9.22. The van der Waals surface area contributed by atoms with Crippen LogP contribution in [0.4, 0.5) is 4.39 Å². The highest BCUT2D eigenvalue weighted by Crippen LogP contribution is 2.33. The lowest BCUT2D eigenvalue weighted by atomic mass is 9.84. The van der Waals surface area contributed by atoms with E-state index in [0.29, 0.717) is 29.8 Å². The number of fused-ring (bicyclic) bond motifs is 2. The Morgan fingerprint density at radius 3 is 2.91 bits per heavy atom. The topological polar surface area (TPSA) is 83.3 Å². The van der Waals surface area contributed by atoms with Crippen LogP contribution in [0.1, 0.15) is 25.7 Å². The van der Waals surface area contributed by atoms with Crippen molar-refractivity contribution in [2.45, 2.75) is 50.0 Å². The first-order chi connectivity index (χ1) is 15.7. The van der Waals surface area contributed by atoms with Crippen LogP contribution in [0.5, 0.6) is 11.6 Å². The van der Waals surface area contributed by atoms with Crippen LogP contribution in [0, 0.1) is 0 Å². The first-order valence-corrected chi connectivity index (χ1v) is 10.9. The number of rotatable bonds is 7. The van der Waals surface area contributed by atoms with Crippen molar-refractivity contribution in [3.63, 3.8) is 0 Å². The molecule has 168 valence electrons. The van der Waals surface area contributed by atoms with Crippen molar-refractivity contribution in [2.24, 2.45) is 0 Å². The van der Waals surface area contributed by atoms with Crippen LogP contribution in [-0.4, -0.2) is 58.0 Å². The standard InChI is InChI=1S/C23H26FN5O3/c1-30-14-31-20-12-16(29-10-9-25-13-29)5-6-17(20)18-7-8-22(28-27-18)32-21-11-15-3-2-4-19(26-15)23(21)24/h5-10,12-13,15,19,21,23,26H,2-4,11,14H2,1H3/t15?,19?,21-,23+/m0/s1. The fourth-order valence-electron chi connectivity index (χ4n) is 4.49. The molecule has 2 aliphatic heterocycles. The smallest absolute Gasteiger partial charge is 0.233 e. The molecule has 3 aromatic rings. The zero-order valence-electron chi connectivity index (χ0n) is 17.9. The lowest BCUT2D eigenvalue weighted by Gasteiger charge is -2.42. The van der Waals surface area contributed by atoms with E-state index < -0.39 is 12.3 Å². The number of benzene rings is 1. The number of halogens is 1. The molecule has 0 radical (unpaired) electrons. The van der Waals surface area contributed by atoms with E-state index in [1.807, 2.05) is 35.0 Å². The molecular weight excluding hydrogens is 413 g/mol. The lowest BCUT2D eigenvalue weighted by Crippen LogP contribution is -2.59. The fraction of sp³-hybridized carbons (Fsp3) is 0.435. The maximum Gasteiger partial charge on any atom is 0.233 e. The van der Waals surface area contributed by atoms with E-state index >= 15 is 0 Å². The number of hydrogen-bond acceptors (Lipinski definition) is 7. The molecular formula is C23H26FN5O3. The third-order valence-corrected chi connectivity index (χ3v) is 6.06. The summed E-state index contributed by atoms with van der Waals surface area (Å²) in [6, 6.07) is 9.48. The third kappa shape index (κ3) is 4.31. The Kier molecular flexibility index (Phi) is 6.00. The van der Waals surface area contributed by atoms with Gasteiger partial charge >= 0.3 is 0 Å². The minimum atomic E-state index is -1.04. The molecule has 0 spiro atoms. The highest BCUT2D eigenvalue weighted by molar-refractivity contribution is 5.69. The third-order valence-electron chi connectivity index (χ3n) is 6.06. The van der Waals surface area contributed by atoms with Crippen LogP contribution in [0.15, 0.2) is 49.1 Å². The predicted octanol–water partition coefficient (Wildman–Crippen LogP) is 3.31. The van der Waals surface area contributed by atoms with Crippen molar-refractivity contribution >= 4 is 0 Å². The van der Waals surface area contributed by atoms with Gasteiger partial charge < -0.3 is 24.1 Å². The molecule has 2 aliphatic rings. The molecule has 2 saturated heterocycles. The maximum absolute atomic E-state index is 14.8. The maximum atomic E-state index is 14.8. The van der Waals surface area contributed by atoms with Crippen LogP contribution >= 0.6 is 0 Å². The van der Waals surface area contributed by atoms with Gasteiger partial charge in [-0.1, -0.05) is 6.42 Å². The lowest BCUT2D eigenvalue weighted by molar-refractivity contribution is 0.00652. The Labute approximate surface area is 185 Å². The van der Waals surface area contributed by atoms with Crippen LogP contribution in [0.25, 0.3) is 16.9 Å². The number of alkyl halides is 1. The molecule has 1 N–H and O–H groups in total. The van der Waals surface area contributed by atoms with E-state index in [2.05, 4.69) is 20.5 Å². The van der Waals surface area contributed by atoms with E-state index in [1.54, 1.807) is 25.7 Å². The molecule has 32 heavy (non-hydrogen) atoms. The molecule has 4 heterocycles. The Bertz CT molecular complexity index is 1030. The Hall–Kier alpha value is -3.04. The highest BCUT2D eigenvalue weighted by atomic mass is 19.1. The van der Waals surface area contributed by atoms with Gasteiger partial charge in [-0.05, 0) is 31.0 Å². The highest BCUT2D eigenvalue weighted by Gasteiger charge is 2.41. The van der Waals surface area contributed by atoms with E-state index in [0.717, 1.165) is 30.5 Å². The second-order valence-electron chi connectivity index (χ2n) is 8.20. The van der Waals surface area contributed by atoms with Gasteiger partial charge in [0, 0.05) is 55.7 Å². The van der Waals surface area contributed by atoms with Gasteiger partial charge in [-0.3, -0.25) is 0 Å². The summed E-state index contributed by atoms with van der Waals surface area (Å²) in [6.07, 6.45) is 7.37. The van der Waals surface area contributed by atoms with Gasteiger partial charge in [-0.15, -0.1) is 10.2 Å². The van der Waals surface area contributed by atoms with Gasteiger partial charge in [-0.2, -0.15) is 0 Å². The summed E-state index contributed by atoms with van der Waals surface area (Å²) >= 11 is 0. The molecule has 5 rings (SSSR count). The number of ether oxygens (including phenoxy) is 3. The average molecular weight is 439 g/mol. The van der Waals surface area contributed by atoms with Gasteiger partial charge in [0.05, 0.1) is 17.7 Å². The summed E-state index contributed by atoms with van der Waals surface area (Å²) in [4.78, 5) is 4.08. The summed E-state index contributed by atoms with van der Waals surface area (Å²) in [5.41, 5.74) is 2.29. The van der Waals surface area contributed by atoms with Crippen molar-refractivity contribution in [1.29, 1.82) is 0 Å². The zero-order chi connectivity index (χ0) is 21.9. The number of nitrogens with one attached hydrogen (secondary N) is 1. The van der Waals surface area contributed by atoms with Gasteiger partial charge in [0.25, 0.3) is 0 Å². The fourth-order valence-corrected chi connectivity index (χ4v) is 4.49. The normalized spacial score (nSPS) is 24.8. The molecule has 0 saturated carbocycles. The van der Waals surface area contributed by atoms with Gasteiger partial charge in [0.2, 0.25) is 5.88 Å². The number of nitrogens with zero attached hydrogens (tertiary/aromatic N) is 4. The summed E-state index contributed by atoms with van der Waals surface area (Å²) in [5.74, 6) is 0.937. The number of piperidine rings is 2. The van der Waals surface area contributed by atoms with Crippen molar-refractivity contribution < 1.29 is 18.6 Å². The monoisotopic (exact) mass is 439 g/mol. The zero-order valence-corrected chi connectivity index (χ0v) is 17.9. The van der Waals surface area contributed by atoms with Crippen LogP contribution < -0.4 is 14.8 Å². The first kappa shape index (κ1) is 20.8. The number of imidazole rings is 1. The van der Waals surface area contributed by atoms with E-state index in [1.165, 1.54) is 0 Å². The molecule has 0 aliphatic carbocycles. The van der Waals surface area contributed by atoms with Gasteiger partial charge in [-0.25, -0.2) is 9.37 Å². The molecule has 1 aromatic carbocycles. The molecule has 9 heteroatoms. The molecule has 2 fully saturated rings. The Balaban J connectivity index is 1.35. The molecule has 2 aromatic heterocycles. The summed E-state index contributed by atoms with van der Waals surface area (Å²) in [6.45, 7) is 0.102. The second-order valence-corrected chi connectivity index (χ2v) is 8.20. The predicted molar refractivity (Wildman–Crippen MR) is 116 cm³/mol. The summed E-state index contributed by atoms with van der Waals surface area (Å²) in [7, 11) is 1.57. The van der Waals surface area contributed by atoms with E-state index in [4.69, 9.17) is 14.2 Å². The van der Waals surface area contributed by atoms with Crippen molar-refractivity contribution in [3.05, 3.63) is 49.1 Å². The van der Waals surface area contributed by atoms with E-state index in [9.17, 15) is 4.39 Å². The van der Waals surface area contributed by atoms with Crippen LogP contribution in [0.2, 0.25) is 0 Å². The van der Waals surface area contributed by atoms with Gasteiger partial charge in [0.15, 0.2) is 13.0 Å². The van der Waals surface area contributed by atoms with Gasteiger partial charge in [0.1, 0.15) is 11.9 Å². The number of methoxy groups -OCH3 is 1. The van der Waals surface area contributed by atoms with E-state index in [-0.39, 0.29) is 12.8 Å². The Morgan fingerprint density at radius 2 is 2.12 bits per heavy atom. The summed E-state index contributed by atoms with van der Waals surface area (Å²) < 4.78 is 33.4. The van der Waals surface area contributed by atoms with Crippen molar-refractivity contribution in [3.8, 4) is 28.6 Å². The summed E-state index contributed by atoms with van der Waals surface area (Å²) in [5, 5.41) is 11.9. The first-order valence-electron chi connectivity index (χ1n) is 10.9. The van der Waals surface area contributed by atoms with Crippen LogP contribution in [0.3, 0.4) is 0 Å². The molecule has 2 unspecified atom stereocenters. The molecule has 0 amide bonds. The average Bonchev–Trinajstić information content (AvgIpc) is 3.37. The largest absolute Gasteiger partial charge is 0.470 e. The molecule has 8 nitrogen and oxygen atoms in total. The van der Waals surface area contributed by atoms with Crippen LogP contribution in [-0.2, 0) is 4.74 Å². The number of hydrogen-bond donors (Lipinski definition) is 1. The minimum Gasteiger partial charge on any atom is -0.470 e. The minimum absolute atomic E-state index is 0.102. The van der Waals surface area contributed by atoms with Crippen molar-refractivity contribution in [2.75, 3.05) is 13.9 Å². The SMILES string of the molecule is COCOc1cc(-n2ccnc2)ccc1-c1ccc(O[C@H]2CC3CCCC(N3)[C@H]2F)nn1. The molecule has 2 bridgehead atoms. The molecule has 4 atom stereocenters. The number of aromatic nitrogens is 4. The quantitative estimate of drug-likeness (QED) is 0.566. The Morgan fingerprint density at radius 1 is 1.19 bits per heavy atom. The van der Waals surface area contributed by atoms with Crippen molar-refractivity contribution in [1.82, 2.24) is 25.1 Å².